The Hall–Kier alpha value is -2.74. The SMILES string of the molecule is CC(=O)N1CCN(S(=O)(=O)c2cccc(C(=O)Nc3sc4c(c3C#N)CCCC4)c2)CC1. The van der Waals surface area contributed by atoms with Crippen LogP contribution in [0.1, 0.15) is 46.1 Å². The molecule has 1 saturated heterocycles. The molecule has 0 atom stereocenters. The Kier molecular flexibility index (Phi) is 6.33. The number of sulfonamides is 1. The minimum absolute atomic E-state index is 0.0346. The zero-order valence-electron chi connectivity index (χ0n) is 17.8. The lowest BCUT2D eigenvalue weighted by atomic mass is 9.96. The van der Waals surface area contributed by atoms with Crippen molar-refractivity contribution < 1.29 is 18.0 Å². The molecule has 0 bridgehead atoms. The molecule has 2 aliphatic rings. The van der Waals surface area contributed by atoms with Crippen LogP contribution < -0.4 is 5.32 Å². The van der Waals surface area contributed by atoms with Gasteiger partial charge in [0.05, 0.1) is 10.5 Å². The van der Waals surface area contributed by atoms with Crippen molar-refractivity contribution in [3.63, 3.8) is 0 Å². The van der Waals surface area contributed by atoms with Gasteiger partial charge in [-0.3, -0.25) is 9.59 Å². The number of anilines is 1. The number of hydrogen-bond acceptors (Lipinski definition) is 6. The van der Waals surface area contributed by atoms with Crippen LogP contribution in [0.2, 0.25) is 0 Å². The maximum Gasteiger partial charge on any atom is 0.256 e. The molecule has 8 nitrogen and oxygen atoms in total. The first-order chi connectivity index (χ1) is 15.3. The normalized spacial score (nSPS) is 16.8. The van der Waals surface area contributed by atoms with Gasteiger partial charge >= 0.3 is 0 Å². The number of rotatable bonds is 4. The van der Waals surface area contributed by atoms with E-state index in [2.05, 4.69) is 11.4 Å². The quantitative estimate of drug-likeness (QED) is 0.735. The van der Waals surface area contributed by atoms with E-state index < -0.39 is 15.9 Å². The summed E-state index contributed by atoms with van der Waals surface area (Å²) in [6.07, 6.45) is 3.86. The molecule has 1 fully saturated rings. The molecule has 0 radical (unpaired) electrons. The van der Waals surface area contributed by atoms with Crippen LogP contribution in [-0.4, -0.2) is 55.6 Å². The number of carbonyl (C=O) groups is 2. The van der Waals surface area contributed by atoms with E-state index in [1.807, 2.05) is 0 Å². The summed E-state index contributed by atoms with van der Waals surface area (Å²) in [6.45, 7) is 2.58. The van der Waals surface area contributed by atoms with E-state index in [1.54, 1.807) is 11.0 Å². The van der Waals surface area contributed by atoms with E-state index >= 15 is 0 Å². The van der Waals surface area contributed by atoms with Crippen molar-refractivity contribution in [1.29, 1.82) is 5.26 Å². The van der Waals surface area contributed by atoms with Crippen molar-refractivity contribution in [2.24, 2.45) is 0 Å². The number of thiophene rings is 1. The van der Waals surface area contributed by atoms with Crippen molar-refractivity contribution in [2.75, 3.05) is 31.5 Å². The van der Waals surface area contributed by atoms with E-state index in [0.717, 1.165) is 36.1 Å². The Balaban J connectivity index is 1.53. The summed E-state index contributed by atoms with van der Waals surface area (Å²) in [5.41, 5.74) is 1.76. The van der Waals surface area contributed by atoms with Gasteiger partial charge in [-0.2, -0.15) is 9.57 Å². The van der Waals surface area contributed by atoms with Crippen LogP contribution in [-0.2, 0) is 27.7 Å². The second kappa shape index (κ2) is 9.02. The standard InChI is InChI=1S/C22H24N4O4S2/c1-15(27)25-9-11-26(12-10-25)32(29,30)17-6-4-5-16(13-17)21(28)24-22-19(14-23)18-7-2-3-8-20(18)31-22/h4-6,13H,2-3,7-12H2,1H3,(H,24,28). The molecule has 1 aliphatic carbocycles. The topological polar surface area (TPSA) is 111 Å². The zero-order valence-corrected chi connectivity index (χ0v) is 19.4. The molecule has 1 N–H and O–H groups in total. The lowest BCUT2D eigenvalue weighted by molar-refractivity contribution is -0.129. The number of carbonyl (C=O) groups excluding carboxylic acids is 2. The van der Waals surface area contributed by atoms with Crippen LogP contribution in [0.15, 0.2) is 29.2 Å². The number of nitrogens with one attached hydrogen (secondary N) is 1. The van der Waals surface area contributed by atoms with Crippen LogP contribution in [0.4, 0.5) is 5.00 Å². The molecule has 2 heterocycles. The number of benzene rings is 1. The highest BCUT2D eigenvalue weighted by Crippen LogP contribution is 2.37. The van der Waals surface area contributed by atoms with Crippen LogP contribution in [0.3, 0.4) is 0 Å². The smallest absolute Gasteiger partial charge is 0.256 e. The molecule has 32 heavy (non-hydrogen) atoms. The summed E-state index contributed by atoms with van der Waals surface area (Å²) in [4.78, 5) is 27.2. The summed E-state index contributed by atoms with van der Waals surface area (Å²) < 4.78 is 27.5. The molecule has 4 rings (SSSR count). The average molecular weight is 473 g/mol. The van der Waals surface area contributed by atoms with E-state index in [4.69, 9.17) is 0 Å². The van der Waals surface area contributed by atoms with Crippen molar-refractivity contribution >= 4 is 38.2 Å². The number of aryl methyl sites for hydroxylation is 1. The Morgan fingerprint density at radius 2 is 1.84 bits per heavy atom. The lowest BCUT2D eigenvalue weighted by Gasteiger charge is -2.33. The van der Waals surface area contributed by atoms with Crippen LogP contribution >= 0.6 is 11.3 Å². The Labute approximate surface area is 191 Å². The number of hydrogen-bond donors (Lipinski definition) is 1. The van der Waals surface area contributed by atoms with Gasteiger partial charge in [-0.05, 0) is 49.4 Å². The van der Waals surface area contributed by atoms with Crippen molar-refractivity contribution in [3.05, 3.63) is 45.8 Å². The maximum atomic E-state index is 13.1. The van der Waals surface area contributed by atoms with Gasteiger partial charge in [0, 0.05) is 43.5 Å². The second-order valence-corrected chi connectivity index (χ2v) is 11.0. The molecule has 1 aromatic carbocycles. The monoisotopic (exact) mass is 472 g/mol. The third-order valence-electron chi connectivity index (χ3n) is 5.93. The fourth-order valence-electron chi connectivity index (χ4n) is 4.14. The number of nitrogens with zero attached hydrogens (tertiary/aromatic N) is 3. The molecule has 1 aliphatic heterocycles. The molecule has 0 saturated carbocycles. The van der Waals surface area contributed by atoms with E-state index in [-0.39, 0.29) is 29.5 Å². The first kappa shape index (κ1) is 22.5. The number of amides is 2. The summed E-state index contributed by atoms with van der Waals surface area (Å²) in [7, 11) is -3.79. The van der Waals surface area contributed by atoms with Gasteiger partial charge in [0.1, 0.15) is 11.1 Å². The molecule has 10 heteroatoms. The minimum atomic E-state index is -3.79. The maximum absolute atomic E-state index is 13.1. The number of piperazine rings is 1. The second-order valence-electron chi connectivity index (χ2n) is 7.92. The van der Waals surface area contributed by atoms with Crippen molar-refractivity contribution in [1.82, 2.24) is 9.21 Å². The molecule has 0 unspecified atom stereocenters. The fourth-order valence-corrected chi connectivity index (χ4v) is 6.84. The highest BCUT2D eigenvalue weighted by atomic mass is 32.2. The zero-order chi connectivity index (χ0) is 22.9. The molecular weight excluding hydrogens is 448 g/mol. The minimum Gasteiger partial charge on any atom is -0.340 e. The Morgan fingerprint density at radius 3 is 2.53 bits per heavy atom. The molecule has 2 aromatic rings. The van der Waals surface area contributed by atoms with Gasteiger partial charge in [-0.1, -0.05) is 6.07 Å². The van der Waals surface area contributed by atoms with Crippen molar-refractivity contribution in [3.8, 4) is 6.07 Å². The third kappa shape index (κ3) is 4.28. The number of fused-ring (bicyclic) bond motifs is 1. The fraction of sp³-hybridized carbons (Fsp3) is 0.409. The lowest BCUT2D eigenvalue weighted by Crippen LogP contribution is -2.49. The summed E-state index contributed by atoms with van der Waals surface area (Å²) in [5, 5.41) is 12.9. The largest absolute Gasteiger partial charge is 0.340 e. The summed E-state index contributed by atoms with van der Waals surface area (Å²) in [5.74, 6) is -0.522. The predicted octanol–water partition coefficient (Wildman–Crippen LogP) is 2.60. The van der Waals surface area contributed by atoms with Gasteiger partial charge in [-0.15, -0.1) is 11.3 Å². The molecule has 0 spiro atoms. The Morgan fingerprint density at radius 1 is 1.12 bits per heavy atom. The van der Waals surface area contributed by atoms with Crippen LogP contribution in [0, 0.1) is 11.3 Å². The van der Waals surface area contributed by atoms with E-state index in [9.17, 15) is 23.3 Å². The Bertz CT molecular complexity index is 1210. The predicted molar refractivity (Wildman–Crippen MR) is 121 cm³/mol. The van der Waals surface area contributed by atoms with E-state index in [0.29, 0.717) is 23.7 Å². The summed E-state index contributed by atoms with van der Waals surface area (Å²) in [6, 6.07) is 8.14. The van der Waals surface area contributed by atoms with E-state index in [1.165, 1.54) is 40.8 Å². The van der Waals surface area contributed by atoms with Gasteiger partial charge in [-0.25, -0.2) is 8.42 Å². The summed E-state index contributed by atoms with van der Waals surface area (Å²) >= 11 is 1.43. The van der Waals surface area contributed by atoms with Gasteiger partial charge in [0.15, 0.2) is 0 Å². The highest BCUT2D eigenvalue weighted by Gasteiger charge is 2.30. The van der Waals surface area contributed by atoms with Crippen LogP contribution in [0.5, 0.6) is 0 Å². The molecule has 2 amide bonds. The first-order valence-electron chi connectivity index (χ1n) is 10.5. The molecular formula is C22H24N4O4S2. The molecule has 168 valence electrons. The molecule has 1 aromatic heterocycles. The van der Waals surface area contributed by atoms with Gasteiger partial charge in [0.25, 0.3) is 5.91 Å². The van der Waals surface area contributed by atoms with Gasteiger partial charge < -0.3 is 10.2 Å². The van der Waals surface area contributed by atoms with Gasteiger partial charge in [0.2, 0.25) is 15.9 Å². The first-order valence-corrected chi connectivity index (χ1v) is 12.8. The van der Waals surface area contributed by atoms with Crippen LogP contribution in [0.25, 0.3) is 0 Å². The average Bonchev–Trinajstić information content (AvgIpc) is 3.16. The van der Waals surface area contributed by atoms with Crippen molar-refractivity contribution in [2.45, 2.75) is 37.5 Å². The number of nitriles is 1. The third-order valence-corrected chi connectivity index (χ3v) is 9.03. The highest BCUT2D eigenvalue weighted by molar-refractivity contribution is 7.89.